The molecule has 0 atom stereocenters. The lowest BCUT2D eigenvalue weighted by molar-refractivity contribution is -0.148. The molecule has 0 radical (unpaired) electrons. The normalized spacial score (nSPS) is 15.7. The quantitative estimate of drug-likeness (QED) is 0.832. The summed E-state index contributed by atoms with van der Waals surface area (Å²) in [5.41, 5.74) is 0.683. The zero-order chi connectivity index (χ0) is 14.6. The van der Waals surface area contributed by atoms with E-state index in [0.717, 1.165) is 31.6 Å². The van der Waals surface area contributed by atoms with Crippen LogP contribution in [0, 0.1) is 0 Å². The first-order valence-electron chi connectivity index (χ1n) is 6.98. The predicted octanol–water partition coefficient (Wildman–Crippen LogP) is 3.43. The highest BCUT2D eigenvalue weighted by atomic mass is 19.4. The summed E-state index contributed by atoms with van der Waals surface area (Å²) in [7, 11) is 0. The van der Waals surface area contributed by atoms with E-state index in [0.29, 0.717) is 5.69 Å². The summed E-state index contributed by atoms with van der Waals surface area (Å²) in [5.74, 6) is 0.729. The van der Waals surface area contributed by atoms with E-state index in [9.17, 15) is 13.2 Å². The summed E-state index contributed by atoms with van der Waals surface area (Å²) in [5, 5.41) is 3.15. The van der Waals surface area contributed by atoms with Crippen molar-refractivity contribution in [3.8, 4) is 0 Å². The van der Waals surface area contributed by atoms with Crippen molar-refractivity contribution in [3.63, 3.8) is 0 Å². The maximum atomic E-state index is 12.6. The fourth-order valence-electron chi connectivity index (χ4n) is 2.11. The van der Waals surface area contributed by atoms with Gasteiger partial charge in [0.05, 0.1) is 12.2 Å². The minimum absolute atomic E-state index is 0.0608. The molecule has 3 nitrogen and oxygen atoms in total. The third-order valence-corrected chi connectivity index (χ3v) is 3.17. The summed E-state index contributed by atoms with van der Waals surface area (Å²) in [4.78, 5) is 5.85. The first-order chi connectivity index (χ1) is 9.48. The van der Waals surface area contributed by atoms with Gasteiger partial charge in [0.15, 0.2) is 0 Å². The molecule has 20 heavy (non-hydrogen) atoms. The first-order valence-corrected chi connectivity index (χ1v) is 6.98. The third-order valence-electron chi connectivity index (χ3n) is 3.17. The molecule has 1 fully saturated rings. The predicted molar refractivity (Wildman–Crippen MR) is 72.5 cm³/mol. The molecule has 0 spiro atoms. The SMILES string of the molecule is CCCNc1cccc(CN(CC(F)(F)F)C2CC2)n1. The van der Waals surface area contributed by atoms with Crippen LogP contribution in [0.1, 0.15) is 31.9 Å². The van der Waals surface area contributed by atoms with Gasteiger partial charge in [-0.2, -0.15) is 13.2 Å². The number of hydrogen-bond donors (Lipinski definition) is 1. The van der Waals surface area contributed by atoms with Gasteiger partial charge in [-0.3, -0.25) is 4.90 Å². The third kappa shape index (κ3) is 5.00. The second-order valence-electron chi connectivity index (χ2n) is 5.19. The standard InChI is InChI=1S/C14H20F3N3/c1-2-8-18-13-5-3-4-11(19-13)9-20(12-6-7-12)10-14(15,16)17/h3-5,12H,2,6-10H2,1H3,(H,18,19). The molecule has 112 valence electrons. The second kappa shape index (κ2) is 6.43. The molecule has 0 aromatic carbocycles. The van der Waals surface area contributed by atoms with Gasteiger partial charge in [-0.15, -0.1) is 0 Å². The van der Waals surface area contributed by atoms with Crippen molar-refractivity contribution in [3.05, 3.63) is 23.9 Å². The van der Waals surface area contributed by atoms with E-state index in [1.807, 2.05) is 12.1 Å². The van der Waals surface area contributed by atoms with Crippen molar-refractivity contribution in [1.29, 1.82) is 0 Å². The second-order valence-corrected chi connectivity index (χ2v) is 5.19. The molecule has 6 heteroatoms. The minimum atomic E-state index is -4.15. The van der Waals surface area contributed by atoms with Crippen LogP contribution in [0.15, 0.2) is 18.2 Å². The number of aromatic nitrogens is 1. The molecule has 1 saturated carbocycles. The van der Waals surface area contributed by atoms with Gasteiger partial charge < -0.3 is 5.32 Å². The number of pyridine rings is 1. The van der Waals surface area contributed by atoms with Gasteiger partial charge in [0.2, 0.25) is 0 Å². The maximum Gasteiger partial charge on any atom is 0.401 e. The topological polar surface area (TPSA) is 28.2 Å². The largest absolute Gasteiger partial charge is 0.401 e. The van der Waals surface area contributed by atoms with Crippen molar-refractivity contribution < 1.29 is 13.2 Å². The van der Waals surface area contributed by atoms with E-state index >= 15 is 0 Å². The van der Waals surface area contributed by atoms with Crippen LogP contribution in [0.3, 0.4) is 0 Å². The van der Waals surface area contributed by atoms with E-state index in [-0.39, 0.29) is 12.6 Å². The minimum Gasteiger partial charge on any atom is -0.370 e. The Morgan fingerprint density at radius 1 is 1.35 bits per heavy atom. The fourth-order valence-corrected chi connectivity index (χ4v) is 2.11. The molecule has 1 aromatic heterocycles. The van der Waals surface area contributed by atoms with E-state index in [4.69, 9.17) is 0 Å². The number of anilines is 1. The highest BCUT2D eigenvalue weighted by Crippen LogP contribution is 2.31. The molecule has 1 heterocycles. The number of nitrogens with zero attached hydrogens (tertiary/aromatic N) is 2. The molecule has 2 rings (SSSR count). The van der Waals surface area contributed by atoms with Crippen molar-refractivity contribution >= 4 is 5.82 Å². The van der Waals surface area contributed by atoms with Gasteiger partial charge in [0.1, 0.15) is 5.82 Å². The Kier molecular flexibility index (Phi) is 4.86. The number of rotatable bonds is 7. The van der Waals surface area contributed by atoms with Crippen LogP contribution < -0.4 is 5.32 Å². The van der Waals surface area contributed by atoms with Crippen molar-refractivity contribution in [1.82, 2.24) is 9.88 Å². The van der Waals surface area contributed by atoms with Crippen LogP contribution in [-0.2, 0) is 6.54 Å². The van der Waals surface area contributed by atoms with E-state index < -0.39 is 12.7 Å². The van der Waals surface area contributed by atoms with Gasteiger partial charge in [0, 0.05) is 19.1 Å². The van der Waals surface area contributed by atoms with Crippen molar-refractivity contribution in [2.24, 2.45) is 0 Å². The maximum absolute atomic E-state index is 12.6. The molecule has 1 aliphatic rings. The average molecular weight is 287 g/mol. The molecule has 0 bridgehead atoms. The van der Waals surface area contributed by atoms with Crippen LogP contribution >= 0.6 is 0 Å². The molecule has 1 N–H and O–H groups in total. The molecule has 0 aliphatic heterocycles. The summed E-state index contributed by atoms with van der Waals surface area (Å²) < 4.78 is 37.7. The zero-order valence-electron chi connectivity index (χ0n) is 11.6. The van der Waals surface area contributed by atoms with Crippen LogP contribution in [-0.4, -0.2) is 35.2 Å². The highest BCUT2D eigenvalue weighted by molar-refractivity contribution is 5.35. The van der Waals surface area contributed by atoms with Crippen LogP contribution in [0.5, 0.6) is 0 Å². The van der Waals surface area contributed by atoms with Gasteiger partial charge in [0.25, 0.3) is 0 Å². The van der Waals surface area contributed by atoms with E-state index in [1.54, 1.807) is 6.07 Å². The molecule has 0 unspecified atom stereocenters. The fraction of sp³-hybridized carbons (Fsp3) is 0.643. The van der Waals surface area contributed by atoms with Crippen LogP contribution in [0.4, 0.5) is 19.0 Å². The Hall–Kier alpha value is -1.30. The Balaban J connectivity index is 1.99. The van der Waals surface area contributed by atoms with Gasteiger partial charge in [-0.25, -0.2) is 4.98 Å². The average Bonchev–Trinajstić information content (AvgIpc) is 3.18. The van der Waals surface area contributed by atoms with Gasteiger partial charge in [-0.1, -0.05) is 13.0 Å². The molecule has 1 aliphatic carbocycles. The van der Waals surface area contributed by atoms with E-state index in [2.05, 4.69) is 17.2 Å². The number of alkyl halides is 3. The monoisotopic (exact) mass is 287 g/mol. The lowest BCUT2D eigenvalue weighted by atomic mass is 10.3. The first kappa shape index (κ1) is 15.1. The lowest BCUT2D eigenvalue weighted by Gasteiger charge is -2.23. The Morgan fingerprint density at radius 2 is 2.10 bits per heavy atom. The molecule has 0 amide bonds. The van der Waals surface area contributed by atoms with Gasteiger partial charge in [-0.05, 0) is 31.4 Å². The summed E-state index contributed by atoms with van der Waals surface area (Å²) >= 11 is 0. The summed E-state index contributed by atoms with van der Waals surface area (Å²) in [6.07, 6.45) is -1.47. The molecule has 1 aromatic rings. The number of nitrogens with one attached hydrogen (secondary N) is 1. The van der Waals surface area contributed by atoms with Crippen molar-refractivity contribution in [2.75, 3.05) is 18.4 Å². The number of hydrogen-bond acceptors (Lipinski definition) is 3. The summed E-state index contributed by atoms with van der Waals surface area (Å²) in [6.45, 7) is 2.26. The smallest absolute Gasteiger partial charge is 0.370 e. The summed E-state index contributed by atoms with van der Waals surface area (Å²) in [6, 6.07) is 5.51. The number of halogens is 3. The molecule has 0 saturated heterocycles. The molecular weight excluding hydrogens is 267 g/mol. The van der Waals surface area contributed by atoms with Crippen LogP contribution in [0.2, 0.25) is 0 Å². The lowest BCUT2D eigenvalue weighted by Crippen LogP contribution is -2.35. The van der Waals surface area contributed by atoms with E-state index in [1.165, 1.54) is 4.90 Å². The van der Waals surface area contributed by atoms with Crippen LogP contribution in [0.25, 0.3) is 0 Å². The van der Waals surface area contributed by atoms with Gasteiger partial charge >= 0.3 is 6.18 Å². The highest BCUT2D eigenvalue weighted by Gasteiger charge is 2.38. The Morgan fingerprint density at radius 3 is 2.70 bits per heavy atom. The Bertz CT molecular complexity index is 430. The molecular formula is C14H20F3N3. The van der Waals surface area contributed by atoms with Crippen molar-refractivity contribution in [2.45, 2.75) is 44.9 Å². The zero-order valence-corrected chi connectivity index (χ0v) is 11.6. The Labute approximate surface area is 117 Å².